The van der Waals surface area contributed by atoms with Crippen LogP contribution in [-0.2, 0) is 14.2 Å². The number of hydrogen-bond acceptors (Lipinski definition) is 11. The van der Waals surface area contributed by atoms with Crippen molar-refractivity contribution in [2.24, 2.45) is 0 Å². The number of benzene rings is 1. The second-order valence-corrected chi connectivity index (χ2v) is 13.2. The van der Waals surface area contributed by atoms with Crippen molar-refractivity contribution in [3.05, 3.63) is 40.2 Å². The summed E-state index contributed by atoms with van der Waals surface area (Å²) in [4.78, 5) is 42.3. The second kappa shape index (κ2) is 17.3. The molecule has 3 amide bonds. The molecule has 1 heterocycles. The number of rotatable bonds is 15. The lowest BCUT2D eigenvalue weighted by molar-refractivity contribution is 0.0243. The van der Waals surface area contributed by atoms with Gasteiger partial charge in [-0.05, 0) is 85.4 Å². The SMILES string of the molecule is C=C(C)OC(=O)N(CCCCN(CCCN(C)c1ccc(=[N+]([O-])[O-])c2no[nH]c1-2)C(=O)OC(C)(C)C)CCCNC(=O)OC(C)(C)C. The molecule has 0 saturated heterocycles. The third-order valence-corrected chi connectivity index (χ3v) is 6.50. The lowest BCUT2D eigenvalue weighted by Gasteiger charge is -2.29. The summed E-state index contributed by atoms with van der Waals surface area (Å²) in [5.74, 6) is 0.268. The number of carbonyl (C=O) groups excluding carboxylic acids is 3. The second-order valence-electron chi connectivity index (χ2n) is 13.2. The zero-order valence-electron chi connectivity index (χ0n) is 28.8. The molecule has 2 rings (SSSR count). The predicted octanol–water partition coefficient (Wildman–Crippen LogP) is 4.61. The average molecular weight is 665 g/mol. The molecule has 0 bridgehead atoms. The van der Waals surface area contributed by atoms with E-state index < -0.39 is 34.4 Å². The Morgan fingerprint density at radius 1 is 0.915 bits per heavy atom. The van der Waals surface area contributed by atoms with Gasteiger partial charge in [-0.25, -0.2) is 14.4 Å². The van der Waals surface area contributed by atoms with E-state index in [2.05, 4.69) is 22.2 Å². The number of fused-ring (bicyclic) bond motifs is 1. The molecule has 16 heteroatoms. The van der Waals surface area contributed by atoms with Gasteiger partial charge in [0.15, 0.2) is 0 Å². The first-order valence-corrected chi connectivity index (χ1v) is 15.6. The number of alkyl carbamates (subject to hydrolysis) is 1. The van der Waals surface area contributed by atoms with Crippen LogP contribution in [0, 0.1) is 10.4 Å². The van der Waals surface area contributed by atoms with Gasteiger partial charge in [-0.1, -0.05) is 6.58 Å². The first-order valence-electron chi connectivity index (χ1n) is 15.6. The summed E-state index contributed by atoms with van der Waals surface area (Å²) >= 11 is 0. The van der Waals surface area contributed by atoms with Crippen LogP contribution in [0.15, 0.2) is 29.1 Å². The Kier molecular flexibility index (Phi) is 14.2. The molecule has 0 aromatic carbocycles. The number of aromatic amines is 1. The highest BCUT2D eigenvalue weighted by Crippen LogP contribution is 2.26. The summed E-state index contributed by atoms with van der Waals surface area (Å²) in [5, 5.41) is 31.6. The van der Waals surface area contributed by atoms with Crippen LogP contribution in [0.3, 0.4) is 0 Å². The molecule has 0 atom stereocenters. The fraction of sp³-hybridized carbons (Fsp3) is 0.645. The van der Waals surface area contributed by atoms with E-state index in [1.54, 1.807) is 64.3 Å². The van der Waals surface area contributed by atoms with Crippen molar-refractivity contribution in [2.75, 3.05) is 51.2 Å². The van der Waals surface area contributed by atoms with Gasteiger partial charge in [-0.2, -0.15) is 10.1 Å². The van der Waals surface area contributed by atoms with Crippen molar-refractivity contribution < 1.29 is 33.2 Å². The molecule has 0 radical (unpaired) electrons. The lowest BCUT2D eigenvalue weighted by Crippen LogP contribution is -2.39. The number of ether oxygens (including phenoxy) is 3. The Morgan fingerprint density at radius 2 is 1.49 bits per heavy atom. The van der Waals surface area contributed by atoms with Crippen LogP contribution < -0.4 is 20.5 Å². The van der Waals surface area contributed by atoms with Crippen molar-refractivity contribution in [3.8, 4) is 11.4 Å². The fourth-order valence-electron chi connectivity index (χ4n) is 4.47. The standard InChI is InChI=1S/C31H50N7O9/c1-22(2)44-28(40)36(20-12-16-32-27(39)45-30(3,4)5)18-10-11-19-37(29(41)46-31(6,7)8)21-13-17-35(9)23-14-15-24(38(42)43)26-25(23)33-47-34-26/h14-15,33H,1,10-13,16-21H2,2-9H3,(H-,32,34,39,42,43)/q-1. The van der Waals surface area contributed by atoms with Gasteiger partial charge in [0.05, 0.1) is 11.4 Å². The van der Waals surface area contributed by atoms with Gasteiger partial charge in [0.2, 0.25) is 5.69 Å². The topological polar surface area (TPSA) is 192 Å². The monoisotopic (exact) mass is 664 g/mol. The summed E-state index contributed by atoms with van der Waals surface area (Å²) < 4.78 is 21.0. The Balaban J connectivity index is 1.97. The highest BCUT2D eigenvalue weighted by atomic mass is 16.8. The summed E-state index contributed by atoms with van der Waals surface area (Å²) in [6, 6.07) is 3.00. The van der Waals surface area contributed by atoms with Gasteiger partial charge in [0, 0.05) is 52.4 Å². The molecule has 47 heavy (non-hydrogen) atoms. The molecule has 0 unspecified atom stereocenters. The van der Waals surface area contributed by atoms with Crippen LogP contribution >= 0.6 is 0 Å². The zero-order chi connectivity index (χ0) is 35.4. The van der Waals surface area contributed by atoms with Crippen LogP contribution in [0.1, 0.15) is 74.1 Å². The molecule has 0 saturated carbocycles. The van der Waals surface area contributed by atoms with E-state index in [0.717, 1.165) is 0 Å². The van der Waals surface area contributed by atoms with E-state index in [1.807, 2.05) is 11.9 Å². The van der Waals surface area contributed by atoms with Gasteiger partial charge in [-0.3, -0.25) is 4.63 Å². The molecule has 0 fully saturated rings. The van der Waals surface area contributed by atoms with Crippen LogP contribution in [0.25, 0.3) is 11.4 Å². The number of amides is 3. The number of aromatic nitrogens is 2. The summed E-state index contributed by atoms with van der Waals surface area (Å²) in [7, 11) is 1.83. The third kappa shape index (κ3) is 13.7. The van der Waals surface area contributed by atoms with Crippen molar-refractivity contribution in [1.82, 2.24) is 30.3 Å². The molecule has 2 aliphatic rings. The number of anilines is 1. The van der Waals surface area contributed by atoms with Crippen LogP contribution in [0.5, 0.6) is 0 Å². The van der Waals surface area contributed by atoms with Crippen molar-refractivity contribution in [3.63, 3.8) is 0 Å². The largest absolute Gasteiger partial charge is 0.612 e. The minimum Gasteiger partial charge on any atom is -0.612 e. The molecule has 0 aromatic heterocycles. The number of hydrogen-bond donors (Lipinski definition) is 2. The molecular weight excluding hydrogens is 614 g/mol. The molecule has 16 nitrogen and oxygen atoms in total. The quantitative estimate of drug-likeness (QED) is 0.117. The summed E-state index contributed by atoms with van der Waals surface area (Å²) in [6.45, 7) is 18.3. The first kappa shape index (κ1) is 38.6. The molecule has 264 valence electrons. The summed E-state index contributed by atoms with van der Waals surface area (Å²) in [6.07, 6.45) is 0.704. The van der Waals surface area contributed by atoms with Crippen LogP contribution in [0.2, 0.25) is 0 Å². The van der Waals surface area contributed by atoms with Crippen LogP contribution in [0.4, 0.5) is 20.1 Å². The molecule has 1 aliphatic heterocycles. The van der Waals surface area contributed by atoms with Crippen molar-refractivity contribution >= 4 is 24.0 Å². The van der Waals surface area contributed by atoms with Gasteiger partial charge >= 0.3 is 18.3 Å². The Labute approximate surface area is 275 Å². The number of unbranched alkanes of at least 4 members (excludes halogenated alkanes) is 1. The predicted molar refractivity (Wildman–Crippen MR) is 176 cm³/mol. The zero-order valence-corrected chi connectivity index (χ0v) is 28.8. The third-order valence-electron chi connectivity index (χ3n) is 6.50. The lowest BCUT2D eigenvalue weighted by atomic mass is 10.1. The first-order chi connectivity index (χ1) is 21.9. The van der Waals surface area contributed by atoms with E-state index >= 15 is 0 Å². The van der Waals surface area contributed by atoms with E-state index in [0.29, 0.717) is 76.3 Å². The van der Waals surface area contributed by atoms with Gasteiger partial charge in [0.25, 0.3) is 5.36 Å². The van der Waals surface area contributed by atoms with Gasteiger partial charge in [-0.15, -0.1) is 0 Å². The Morgan fingerprint density at radius 3 is 2.06 bits per heavy atom. The van der Waals surface area contributed by atoms with Crippen LogP contribution in [-0.4, -0.2) is 95.9 Å². The van der Waals surface area contributed by atoms with Gasteiger partial charge in [0.1, 0.15) is 16.9 Å². The summed E-state index contributed by atoms with van der Waals surface area (Å²) in [5.41, 5.74) is -0.104. The van der Waals surface area contributed by atoms with Crippen molar-refractivity contribution in [1.29, 1.82) is 0 Å². The minimum absolute atomic E-state index is 0.121. The van der Waals surface area contributed by atoms with E-state index in [1.165, 1.54) is 6.07 Å². The minimum atomic E-state index is -0.683. The highest BCUT2D eigenvalue weighted by Gasteiger charge is 2.24. The number of H-pyrrole nitrogens is 1. The maximum Gasteiger partial charge on any atom is 0.414 e. The number of allylic oxidation sites excluding steroid dienone is 1. The van der Waals surface area contributed by atoms with E-state index in [-0.39, 0.29) is 16.8 Å². The molecule has 2 N–H and O–H groups in total. The molecule has 0 aromatic rings. The number of nitrogens with one attached hydrogen (secondary N) is 2. The molecule has 1 aliphatic carbocycles. The van der Waals surface area contributed by atoms with Gasteiger partial charge < -0.3 is 44.6 Å². The van der Waals surface area contributed by atoms with Crippen molar-refractivity contribution in [2.45, 2.75) is 85.4 Å². The van der Waals surface area contributed by atoms with E-state index in [9.17, 15) is 24.8 Å². The molecule has 0 spiro atoms. The highest BCUT2D eigenvalue weighted by molar-refractivity contribution is 5.73. The Bertz CT molecular complexity index is 1370. The Hall–Kier alpha value is -4.63. The van der Waals surface area contributed by atoms with E-state index in [4.69, 9.17) is 18.8 Å². The maximum atomic E-state index is 13.1. The normalized spacial score (nSPS) is 11.5. The molecular formula is C31H50N7O9-. The maximum absolute atomic E-state index is 13.1. The number of carbonyl (C=O) groups is 3. The average Bonchev–Trinajstić information content (AvgIpc) is 3.42. The fourth-order valence-corrected chi connectivity index (χ4v) is 4.47. The number of nitrogens with zero attached hydrogens (tertiary/aromatic N) is 5. The smallest absolute Gasteiger partial charge is 0.414 e.